The van der Waals surface area contributed by atoms with Crippen molar-refractivity contribution >= 4 is 0 Å². The minimum Gasteiger partial charge on any atom is -0.330 e. The summed E-state index contributed by atoms with van der Waals surface area (Å²) in [6.07, 6.45) is 8.46. The normalized spacial score (nSPS) is 29.4. The van der Waals surface area contributed by atoms with Gasteiger partial charge in [0.1, 0.15) is 0 Å². The van der Waals surface area contributed by atoms with Gasteiger partial charge in [-0.15, -0.1) is 0 Å². The number of rotatable bonds is 5. The van der Waals surface area contributed by atoms with Crippen LogP contribution in [0.1, 0.15) is 59.3 Å². The van der Waals surface area contributed by atoms with Gasteiger partial charge in [-0.3, -0.25) is 0 Å². The molecular formula is C14H29N. The van der Waals surface area contributed by atoms with Crippen molar-refractivity contribution in [1.29, 1.82) is 0 Å². The first-order valence-corrected chi connectivity index (χ1v) is 6.85. The van der Waals surface area contributed by atoms with E-state index >= 15 is 0 Å². The molecule has 1 rings (SSSR count). The molecule has 3 unspecified atom stereocenters. The molecule has 1 aliphatic rings. The van der Waals surface area contributed by atoms with Gasteiger partial charge in [0.05, 0.1) is 0 Å². The van der Waals surface area contributed by atoms with Crippen LogP contribution in [0, 0.1) is 23.7 Å². The van der Waals surface area contributed by atoms with Gasteiger partial charge >= 0.3 is 0 Å². The lowest BCUT2D eigenvalue weighted by molar-refractivity contribution is 0.165. The molecule has 1 heteroatoms. The second-order valence-electron chi connectivity index (χ2n) is 5.83. The zero-order valence-corrected chi connectivity index (χ0v) is 10.8. The summed E-state index contributed by atoms with van der Waals surface area (Å²) in [6, 6.07) is 0. The number of hydrogen-bond acceptors (Lipinski definition) is 1. The van der Waals surface area contributed by atoms with Gasteiger partial charge in [0, 0.05) is 0 Å². The summed E-state index contributed by atoms with van der Waals surface area (Å²) in [4.78, 5) is 0. The van der Waals surface area contributed by atoms with Crippen LogP contribution in [0.5, 0.6) is 0 Å². The maximum absolute atomic E-state index is 5.59. The lowest BCUT2D eigenvalue weighted by atomic mass is 9.71. The molecule has 2 N–H and O–H groups in total. The Morgan fingerprint density at radius 2 is 1.93 bits per heavy atom. The molecule has 1 aliphatic carbocycles. The van der Waals surface area contributed by atoms with Crippen molar-refractivity contribution in [3.63, 3.8) is 0 Å². The summed E-state index contributed by atoms with van der Waals surface area (Å²) in [5.41, 5.74) is 5.59. The highest BCUT2D eigenvalue weighted by Gasteiger charge is 2.26. The predicted molar refractivity (Wildman–Crippen MR) is 67.7 cm³/mol. The van der Waals surface area contributed by atoms with Gasteiger partial charge in [-0.25, -0.2) is 0 Å². The third-order valence-corrected chi connectivity index (χ3v) is 4.44. The molecule has 0 heterocycles. The van der Waals surface area contributed by atoms with Gasteiger partial charge in [-0.05, 0) is 49.5 Å². The van der Waals surface area contributed by atoms with E-state index in [4.69, 9.17) is 5.73 Å². The largest absolute Gasteiger partial charge is 0.330 e. The van der Waals surface area contributed by atoms with Crippen LogP contribution in [0.25, 0.3) is 0 Å². The summed E-state index contributed by atoms with van der Waals surface area (Å²) < 4.78 is 0. The van der Waals surface area contributed by atoms with Crippen molar-refractivity contribution in [3.05, 3.63) is 0 Å². The third kappa shape index (κ3) is 4.14. The first-order valence-electron chi connectivity index (χ1n) is 6.85. The number of hydrogen-bond donors (Lipinski definition) is 1. The molecule has 0 spiro atoms. The quantitative estimate of drug-likeness (QED) is 0.735. The first-order chi connectivity index (χ1) is 7.15. The maximum atomic E-state index is 5.59. The Morgan fingerprint density at radius 3 is 2.53 bits per heavy atom. The Bertz CT molecular complexity index is 165. The molecule has 90 valence electrons. The smallest absolute Gasteiger partial charge is 0.00772 e. The van der Waals surface area contributed by atoms with Gasteiger partial charge in [0.2, 0.25) is 0 Å². The predicted octanol–water partition coefficient (Wildman–Crippen LogP) is 3.82. The second kappa shape index (κ2) is 6.52. The molecule has 1 saturated carbocycles. The minimum atomic E-state index is 0.850. The Balaban J connectivity index is 2.34. The summed E-state index contributed by atoms with van der Waals surface area (Å²) in [5, 5.41) is 0. The van der Waals surface area contributed by atoms with Gasteiger partial charge in [-0.1, -0.05) is 40.0 Å². The van der Waals surface area contributed by atoms with E-state index in [1.165, 1.54) is 38.5 Å². The van der Waals surface area contributed by atoms with Crippen molar-refractivity contribution < 1.29 is 0 Å². The van der Waals surface area contributed by atoms with Crippen LogP contribution >= 0.6 is 0 Å². The van der Waals surface area contributed by atoms with E-state index in [2.05, 4.69) is 20.8 Å². The van der Waals surface area contributed by atoms with Crippen LogP contribution in [0.15, 0.2) is 0 Å². The van der Waals surface area contributed by atoms with E-state index in [0.717, 1.165) is 30.2 Å². The van der Waals surface area contributed by atoms with Gasteiger partial charge in [0.25, 0.3) is 0 Å². The molecule has 0 aromatic heterocycles. The summed E-state index contributed by atoms with van der Waals surface area (Å²) in [6.45, 7) is 8.06. The van der Waals surface area contributed by atoms with E-state index in [1.54, 1.807) is 0 Å². The zero-order chi connectivity index (χ0) is 11.3. The summed E-state index contributed by atoms with van der Waals surface area (Å²) >= 11 is 0. The van der Waals surface area contributed by atoms with Crippen molar-refractivity contribution in [1.82, 2.24) is 0 Å². The lowest BCUT2D eigenvalue weighted by Gasteiger charge is -2.34. The molecule has 15 heavy (non-hydrogen) atoms. The molecule has 0 saturated heterocycles. The molecule has 0 aromatic rings. The van der Waals surface area contributed by atoms with E-state index in [1.807, 2.05) is 0 Å². The van der Waals surface area contributed by atoms with Crippen molar-refractivity contribution in [2.24, 2.45) is 29.4 Å². The van der Waals surface area contributed by atoms with E-state index in [-0.39, 0.29) is 0 Å². The molecule has 0 radical (unpaired) electrons. The number of nitrogens with two attached hydrogens (primary N) is 1. The molecule has 0 bridgehead atoms. The Morgan fingerprint density at radius 1 is 1.20 bits per heavy atom. The highest BCUT2D eigenvalue weighted by Crippen LogP contribution is 2.38. The van der Waals surface area contributed by atoms with Crippen LogP contribution in [0.3, 0.4) is 0 Å². The fourth-order valence-corrected chi connectivity index (χ4v) is 3.02. The second-order valence-corrected chi connectivity index (χ2v) is 5.83. The zero-order valence-electron chi connectivity index (χ0n) is 10.8. The summed E-state index contributed by atoms with van der Waals surface area (Å²) in [7, 11) is 0. The lowest BCUT2D eigenvalue weighted by Crippen LogP contribution is -2.24. The molecule has 1 nitrogen and oxygen atoms in total. The Hall–Kier alpha value is -0.0400. The molecule has 1 fully saturated rings. The minimum absolute atomic E-state index is 0.850. The highest BCUT2D eigenvalue weighted by atomic mass is 14.5. The van der Waals surface area contributed by atoms with Crippen LogP contribution < -0.4 is 5.73 Å². The molecule has 0 aliphatic heterocycles. The average Bonchev–Trinajstić information content (AvgIpc) is 2.25. The molecule has 0 aromatic carbocycles. The maximum Gasteiger partial charge on any atom is -0.00772 e. The van der Waals surface area contributed by atoms with Gasteiger partial charge in [0.15, 0.2) is 0 Å². The molecular weight excluding hydrogens is 182 g/mol. The van der Waals surface area contributed by atoms with Crippen LogP contribution in [0.2, 0.25) is 0 Å². The fourth-order valence-electron chi connectivity index (χ4n) is 3.02. The van der Waals surface area contributed by atoms with E-state index in [0.29, 0.717) is 0 Å². The van der Waals surface area contributed by atoms with Gasteiger partial charge in [-0.2, -0.15) is 0 Å². The highest BCUT2D eigenvalue weighted by molar-refractivity contribution is 4.78. The van der Waals surface area contributed by atoms with Crippen molar-refractivity contribution in [2.45, 2.75) is 59.3 Å². The van der Waals surface area contributed by atoms with Crippen LogP contribution in [0.4, 0.5) is 0 Å². The fraction of sp³-hybridized carbons (Fsp3) is 1.00. The van der Waals surface area contributed by atoms with Gasteiger partial charge < -0.3 is 5.73 Å². The first kappa shape index (κ1) is 13.0. The standard InChI is InChI=1S/C14H29N/c1-11(2)12(3)14-8-4-6-13(10-14)7-5-9-15/h11-14H,4-10,15H2,1-3H3. The van der Waals surface area contributed by atoms with Crippen molar-refractivity contribution in [3.8, 4) is 0 Å². The molecule has 3 atom stereocenters. The van der Waals surface area contributed by atoms with Crippen LogP contribution in [-0.2, 0) is 0 Å². The SMILES string of the molecule is CC(C)C(C)C1CCCC(CCCN)C1. The average molecular weight is 211 g/mol. The third-order valence-electron chi connectivity index (χ3n) is 4.44. The van der Waals surface area contributed by atoms with Crippen LogP contribution in [-0.4, -0.2) is 6.54 Å². The van der Waals surface area contributed by atoms with Crippen molar-refractivity contribution in [2.75, 3.05) is 6.54 Å². The molecule has 0 amide bonds. The topological polar surface area (TPSA) is 26.0 Å². The van der Waals surface area contributed by atoms with E-state index in [9.17, 15) is 0 Å². The Labute approximate surface area is 95.8 Å². The summed E-state index contributed by atoms with van der Waals surface area (Å²) in [5.74, 6) is 3.73. The monoisotopic (exact) mass is 211 g/mol. The van der Waals surface area contributed by atoms with E-state index < -0.39 is 0 Å². The Kier molecular flexibility index (Phi) is 5.66.